The van der Waals surface area contributed by atoms with E-state index in [1.165, 1.54) is 0 Å². The minimum atomic E-state index is -7.46. The van der Waals surface area contributed by atoms with E-state index < -0.39 is 68.8 Å². The molecule has 0 amide bonds. The van der Waals surface area contributed by atoms with Gasteiger partial charge in [0.25, 0.3) is 0 Å². The maximum absolute atomic E-state index is 13.2. The molecule has 0 unspecified atom stereocenters. The number of rotatable bonds is 7. The van der Waals surface area contributed by atoms with Crippen LogP contribution < -0.4 is 56.1 Å². The first kappa shape index (κ1) is 28.7. The molecule has 0 atom stereocenters. The maximum atomic E-state index is 13.2. The number of alkyl halides is 8. The Balaban J connectivity index is 0.00000784. The zero-order valence-corrected chi connectivity index (χ0v) is 17.0. The summed E-state index contributed by atoms with van der Waals surface area (Å²) in [4.78, 5) is 0. The van der Waals surface area contributed by atoms with Crippen LogP contribution in [0.15, 0.2) is 6.07 Å². The first-order chi connectivity index (χ1) is 12.2. The molecule has 1 aromatic carbocycles. The van der Waals surface area contributed by atoms with Gasteiger partial charge in [-0.2, -0.15) is 43.9 Å². The Bertz CT molecular complexity index is 848. The van der Waals surface area contributed by atoms with Crippen molar-refractivity contribution in [2.45, 2.75) is 23.6 Å². The summed E-state index contributed by atoms with van der Waals surface area (Å²) in [7, 11) is -7.46. The van der Waals surface area contributed by atoms with Gasteiger partial charge in [-0.1, -0.05) is 0 Å². The van der Waals surface area contributed by atoms with Crippen molar-refractivity contribution in [3.8, 4) is 5.75 Å². The van der Waals surface area contributed by atoms with Crippen LogP contribution in [0, 0.1) is 23.3 Å². The summed E-state index contributed by atoms with van der Waals surface area (Å²) in [5.74, 6) is -13.6. The Morgan fingerprint density at radius 3 is 1.48 bits per heavy atom. The van der Waals surface area contributed by atoms with Gasteiger partial charge < -0.3 is 9.29 Å². The average Bonchev–Trinajstić information content (AvgIpc) is 2.47. The van der Waals surface area contributed by atoms with Crippen LogP contribution in [0.5, 0.6) is 5.75 Å². The molecule has 0 spiro atoms. The molecule has 0 radical (unpaired) electrons. The second kappa shape index (κ2) is 8.67. The molecule has 1 aromatic rings. The molecule has 29 heavy (non-hydrogen) atoms. The van der Waals surface area contributed by atoms with Gasteiger partial charge in [0.05, 0.1) is 0 Å². The van der Waals surface area contributed by atoms with Crippen molar-refractivity contribution >= 4 is 10.1 Å². The summed E-state index contributed by atoms with van der Waals surface area (Å²) in [5.41, 5.74) is 0. The first-order valence-electron chi connectivity index (χ1n) is 5.87. The van der Waals surface area contributed by atoms with Crippen molar-refractivity contribution in [3.05, 3.63) is 29.3 Å². The fourth-order valence-corrected chi connectivity index (χ4v) is 1.59. The van der Waals surface area contributed by atoms with Crippen molar-refractivity contribution in [1.29, 1.82) is 0 Å². The van der Waals surface area contributed by atoms with E-state index in [2.05, 4.69) is 4.74 Å². The van der Waals surface area contributed by atoms with Gasteiger partial charge in [-0.15, -0.1) is 0 Å². The Hall–Kier alpha value is -0.314. The average molecular weight is 500 g/mol. The molecule has 0 fully saturated rings. The third-order valence-electron chi connectivity index (χ3n) is 2.55. The minimum Gasteiger partial charge on any atom is -0.743 e. The molecule has 0 saturated heterocycles. The molecular formula is C10HF12KO5S. The number of hydrogen-bond donors (Lipinski definition) is 0. The van der Waals surface area contributed by atoms with E-state index in [9.17, 15) is 65.7 Å². The summed E-state index contributed by atoms with van der Waals surface area (Å²) in [5, 5.41) is -7.03. The fraction of sp³-hybridized carbons (Fsp3) is 0.400. The molecule has 0 saturated carbocycles. The molecule has 0 heterocycles. The van der Waals surface area contributed by atoms with Crippen LogP contribution in [-0.4, -0.2) is 36.6 Å². The minimum absolute atomic E-state index is 0. The van der Waals surface area contributed by atoms with Gasteiger partial charge in [0.15, 0.2) is 21.8 Å². The van der Waals surface area contributed by atoms with Gasteiger partial charge in [-0.05, 0) is 0 Å². The molecule has 0 aliphatic carbocycles. The van der Waals surface area contributed by atoms with Crippen LogP contribution in [0.3, 0.4) is 0 Å². The molecule has 5 nitrogen and oxygen atoms in total. The van der Waals surface area contributed by atoms with Gasteiger partial charge >= 0.3 is 75.0 Å². The van der Waals surface area contributed by atoms with E-state index in [0.717, 1.165) is 0 Å². The van der Waals surface area contributed by atoms with E-state index in [0.29, 0.717) is 0 Å². The van der Waals surface area contributed by atoms with Crippen LogP contribution in [-0.2, 0) is 14.9 Å². The fourth-order valence-electron chi connectivity index (χ4n) is 1.25. The summed E-state index contributed by atoms with van der Waals surface area (Å²) in [6.45, 7) is 0. The van der Waals surface area contributed by atoms with Gasteiger partial charge in [0.2, 0.25) is 17.4 Å². The van der Waals surface area contributed by atoms with Crippen molar-refractivity contribution in [2.75, 3.05) is 0 Å². The topological polar surface area (TPSA) is 75.7 Å². The van der Waals surface area contributed by atoms with E-state index in [4.69, 9.17) is 0 Å². The van der Waals surface area contributed by atoms with Crippen LogP contribution in [0.1, 0.15) is 0 Å². The van der Waals surface area contributed by atoms with Gasteiger partial charge in [0, 0.05) is 6.07 Å². The van der Waals surface area contributed by atoms with Crippen LogP contribution in [0.25, 0.3) is 0 Å². The SMILES string of the molecule is O=S(=O)([O-])C(F)(F)C(F)(F)OC(F)(F)C(F)(F)Oc1c(F)c(F)cc(F)c1F.[K+]. The predicted octanol–water partition coefficient (Wildman–Crippen LogP) is 0.559. The van der Waals surface area contributed by atoms with Crippen LogP contribution in [0.4, 0.5) is 52.7 Å². The molecule has 19 heteroatoms. The standard InChI is InChI=1S/C10H2F12O5S.K/c11-2-1-3(12)5(14)6(4(2)13)26-7(15,16)8(17,18)27-9(19,20)10(21,22)28(23,24)25;/h1H,(H,23,24,25);/q;+1/p-1. The molecule has 0 aromatic heterocycles. The first-order valence-corrected chi connectivity index (χ1v) is 7.27. The third-order valence-corrected chi connectivity index (χ3v) is 3.42. The van der Waals surface area contributed by atoms with Gasteiger partial charge in [-0.3, -0.25) is 0 Å². The quantitative estimate of drug-likeness (QED) is 0.237. The van der Waals surface area contributed by atoms with Crippen LogP contribution >= 0.6 is 0 Å². The molecule has 162 valence electrons. The summed E-state index contributed by atoms with van der Waals surface area (Å²) in [6, 6.07) is -0.599. The number of ether oxygens (including phenoxy) is 2. The van der Waals surface area contributed by atoms with Gasteiger partial charge in [-0.25, -0.2) is 21.9 Å². The molecule has 1 rings (SSSR count). The molecule has 0 aliphatic rings. The number of halogens is 12. The zero-order valence-electron chi connectivity index (χ0n) is 13.1. The second-order valence-electron chi connectivity index (χ2n) is 4.52. The molecular weight excluding hydrogens is 499 g/mol. The monoisotopic (exact) mass is 500 g/mol. The Morgan fingerprint density at radius 1 is 0.759 bits per heavy atom. The molecule has 0 bridgehead atoms. The largest absolute Gasteiger partial charge is 1.00 e. The van der Waals surface area contributed by atoms with Gasteiger partial charge in [0.1, 0.15) is 0 Å². The van der Waals surface area contributed by atoms with Crippen molar-refractivity contribution in [1.82, 2.24) is 0 Å². The Labute approximate surface area is 194 Å². The summed E-state index contributed by atoms with van der Waals surface area (Å²) < 4.78 is 190. The van der Waals surface area contributed by atoms with E-state index in [1.807, 2.05) is 0 Å². The maximum Gasteiger partial charge on any atom is 1.00 e. The van der Waals surface area contributed by atoms with Crippen molar-refractivity contribution < 1.29 is 127 Å². The number of hydrogen-bond acceptors (Lipinski definition) is 5. The Kier molecular flexibility index (Phi) is 8.58. The molecule has 0 N–H and O–H groups in total. The van der Waals surface area contributed by atoms with E-state index in [1.54, 1.807) is 4.74 Å². The zero-order chi connectivity index (χ0) is 22.5. The van der Waals surface area contributed by atoms with E-state index in [-0.39, 0.29) is 51.4 Å². The normalized spacial score (nSPS) is 13.8. The third kappa shape index (κ3) is 5.49. The summed E-state index contributed by atoms with van der Waals surface area (Å²) in [6.07, 6.45) is -20.9. The smallest absolute Gasteiger partial charge is 0.743 e. The summed E-state index contributed by atoms with van der Waals surface area (Å²) >= 11 is 0. The second-order valence-corrected chi connectivity index (χ2v) is 5.94. The Morgan fingerprint density at radius 2 is 1.14 bits per heavy atom. The van der Waals surface area contributed by atoms with E-state index >= 15 is 0 Å². The number of benzene rings is 1. The van der Waals surface area contributed by atoms with Crippen LogP contribution in [0.2, 0.25) is 0 Å². The predicted molar refractivity (Wildman–Crippen MR) is 57.5 cm³/mol. The van der Waals surface area contributed by atoms with Crippen molar-refractivity contribution in [3.63, 3.8) is 0 Å². The van der Waals surface area contributed by atoms with Crippen molar-refractivity contribution in [2.24, 2.45) is 0 Å². The molecule has 0 aliphatic heterocycles.